The largest absolute Gasteiger partial charge is 0.386 e. The second kappa shape index (κ2) is 3.72. The summed E-state index contributed by atoms with van der Waals surface area (Å²) >= 11 is 0. The van der Waals surface area contributed by atoms with Crippen molar-refractivity contribution in [2.24, 2.45) is 0 Å². The molecule has 14 heavy (non-hydrogen) atoms. The van der Waals surface area contributed by atoms with E-state index in [9.17, 15) is 9.50 Å². The van der Waals surface area contributed by atoms with Gasteiger partial charge in [0.2, 0.25) is 0 Å². The van der Waals surface area contributed by atoms with Crippen LogP contribution >= 0.6 is 0 Å². The molecule has 0 aliphatic carbocycles. The van der Waals surface area contributed by atoms with Crippen molar-refractivity contribution < 1.29 is 9.50 Å². The molecule has 2 rings (SSSR count). The summed E-state index contributed by atoms with van der Waals surface area (Å²) in [6, 6.07) is 8.93. The van der Waals surface area contributed by atoms with Crippen LogP contribution in [-0.4, -0.2) is 16.8 Å². The van der Waals surface area contributed by atoms with E-state index < -0.39 is 12.8 Å². The highest BCUT2D eigenvalue weighted by atomic mass is 19.1. The predicted molar refractivity (Wildman–Crippen MR) is 52.7 cm³/mol. The van der Waals surface area contributed by atoms with Crippen LogP contribution in [0, 0.1) is 0 Å². The standard InChI is InChI=1S/C11H10FNO/c12-7-11(14)9-3-4-10-8(6-9)2-1-5-13-10/h1-6,11,14H,7H2. The molecule has 2 aromatic rings. The van der Waals surface area contributed by atoms with Crippen LogP contribution < -0.4 is 0 Å². The minimum absolute atomic E-state index is 0.591. The average Bonchev–Trinajstić information content (AvgIpc) is 2.27. The van der Waals surface area contributed by atoms with Crippen molar-refractivity contribution in [3.05, 3.63) is 42.1 Å². The van der Waals surface area contributed by atoms with Gasteiger partial charge in [-0.05, 0) is 23.8 Å². The minimum Gasteiger partial charge on any atom is -0.386 e. The average molecular weight is 191 g/mol. The second-order valence-corrected chi connectivity index (χ2v) is 3.13. The first-order valence-corrected chi connectivity index (χ1v) is 4.40. The summed E-state index contributed by atoms with van der Waals surface area (Å²) in [6.07, 6.45) is 0.674. The predicted octanol–water partition coefficient (Wildman–Crippen LogP) is 2.24. The quantitative estimate of drug-likeness (QED) is 0.789. The Kier molecular flexibility index (Phi) is 2.41. The van der Waals surface area contributed by atoms with Crippen LogP contribution in [0.4, 0.5) is 4.39 Å². The van der Waals surface area contributed by atoms with E-state index in [1.54, 1.807) is 24.4 Å². The third-order valence-corrected chi connectivity index (χ3v) is 2.16. The molecule has 1 unspecified atom stereocenters. The molecule has 0 radical (unpaired) electrons. The molecule has 72 valence electrons. The van der Waals surface area contributed by atoms with Gasteiger partial charge in [-0.2, -0.15) is 0 Å². The molecule has 0 bridgehead atoms. The Morgan fingerprint density at radius 2 is 2.21 bits per heavy atom. The lowest BCUT2D eigenvalue weighted by atomic mass is 10.1. The first kappa shape index (κ1) is 9.09. The van der Waals surface area contributed by atoms with Gasteiger partial charge in [0.25, 0.3) is 0 Å². The maximum Gasteiger partial charge on any atom is 0.119 e. The maximum atomic E-state index is 12.2. The van der Waals surface area contributed by atoms with Gasteiger partial charge in [-0.25, -0.2) is 4.39 Å². The van der Waals surface area contributed by atoms with Crippen molar-refractivity contribution in [1.82, 2.24) is 4.98 Å². The smallest absolute Gasteiger partial charge is 0.119 e. The number of alkyl halides is 1. The monoisotopic (exact) mass is 191 g/mol. The Hall–Kier alpha value is -1.48. The normalized spacial score (nSPS) is 13.0. The fourth-order valence-electron chi connectivity index (χ4n) is 1.39. The summed E-state index contributed by atoms with van der Waals surface area (Å²) in [4.78, 5) is 4.13. The van der Waals surface area contributed by atoms with E-state index in [2.05, 4.69) is 4.98 Å². The van der Waals surface area contributed by atoms with Gasteiger partial charge in [0.1, 0.15) is 12.8 Å². The first-order chi connectivity index (χ1) is 6.81. The van der Waals surface area contributed by atoms with Crippen molar-refractivity contribution >= 4 is 10.9 Å². The molecule has 0 spiro atoms. The van der Waals surface area contributed by atoms with Crippen molar-refractivity contribution in [3.63, 3.8) is 0 Å². The van der Waals surface area contributed by atoms with Gasteiger partial charge in [-0.15, -0.1) is 0 Å². The number of hydrogen-bond donors (Lipinski definition) is 1. The Balaban J connectivity index is 2.51. The number of pyridine rings is 1. The number of halogens is 1. The second-order valence-electron chi connectivity index (χ2n) is 3.13. The van der Waals surface area contributed by atoms with E-state index in [1.165, 1.54) is 0 Å². The number of fused-ring (bicyclic) bond motifs is 1. The van der Waals surface area contributed by atoms with Crippen LogP contribution in [0.1, 0.15) is 11.7 Å². The molecule has 0 amide bonds. The molecular formula is C11H10FNO. The van der Waals surface area contributed by atoms with Gasteiger partial charge in [-0.1, -0.05) is 12.1 Å². The number of rotatable bonds is 2. The van der Waals surface area contributed by atoms with E-state index >= 15 is 0 Å². The Morgan fingerprint density at radius 3 is 3.00 bits per heavy atom. The lowest BCUT2D eigenvalue weighted by molar-refractivity contribution is 0.142. The molecule has 0 fully saturated rings. The highest BCUT2D eigenvalue weighted by Gasteiger charge is 2.06. The zero-order chi connectivity index (χ0) is 9.97. The number of aromatic nitrogens is 1. The van der Waals surface area contributed by atoms with E-state index in [0.717, 1.165) is 10.9 Å². The van der Waals surface area contributed by atoms with Crippen molar-refractivity contribution in [2.75, 3.05) is 6.67 Å². The molecule has 1 aromatic carbocycles. The molecule has 1 atom stereocenters. The van der Waals surface area contributed by atoms with Crippen molar-refractivity contribution in [1.29, 1.82) is 0 Å². The number of aliphatic hydroxyl groups excluding tert-OH is 1. The van der Waals surface area contributed by atoms with Gasteiger partial charge in [0, 0.05) is 11.6 Å². The lowest BCUT2D eigenvalue weighted by Crippen LogP contribution is -1.98. The lowest BCUT2D eigenvalue weighted by Gasteiger charge is -2.06. The van der Waals surface area contributed by atoms with Gasteiger partial charge in [0.05, 0.1) is 5.52 Å². The first-order valence-electron chi connectivity index (χ1n) is 4.40. The van der Waals surface area contributed by atoms with Crippen LogP contribution in [-0.2, 0) is 0 Å². The van der Waals surface area contributed by atoms with Crippen LogP contribution in [0.5, 0.6) is 0 Å². The van der Waals surface area contributed by atoms with Crippen molar-refractivity contribution in [3.8, 4) is 0 Å². The summed E-state index contributed by atoms with van der Waals surface area (Å²) in [5.41, 5.74) is 1.44. The molecule has 2 nitrogen and oxygen atoms in total. The van der Waals surface area contributed by atoms with Crippen LogP contribution in [0.15, 0.2) is 36.5 Å². The fourth-order valence-corrected chi connectivity index (χ4v) is 1.39. The summed E-state index contributed by atoms with van der Waals surface area (Å²) in [6.45, 7) is -0.758. The van der Waals surface area contributed by atoms with Crippen LogP contribution in [0.2, 0.25) is 0 Å². The molecule has 0 aliphatic rings. The molecule has 1 N–H and O–H groups in total. The zero-order valence-corrected chi connectivity index (χ0v) is 7.52. The van der Waals surface area contributed by atoms with Gasteiger partial charge >= 0.3 is 0 Å². The summed E-state index contributed by atoms with van der Waals surface area (Å²) < 4.78 is 12.2. The summed E-state index contributed by atoms with van der Waals surface area (Å²) in [5.74, 6) is 0. The highest BCUT2D eigenvalue weighted by molar-refractivity contribution is 5.78. The molecule has 1 aromatic heterocycles. The number of hydrogen-bond acceptors (Lipinski definition) is 2. The number of aliphatic hydroxyl groups is 1. The third-order valence-electron chi connectivity index (χ3n) is 2.16. The van der Waals surface area contributed by atoms with Gasteiger partial charge in [-0.3, -0.25) is 4.98 Å². The molecule has 0 saturated heterocycles. The Morgan fingerprint density at radius 1 is 1.36 bits per heavy atom. The SMILES string of the molecule is OC(CF)c1ccc2ncccc2c1. The Labute approximate surface area is 81.0 Å². The molecule has 3 heteroatoms. The summed E-state index contributed by atoms with van der Waals surface area (Å²) in [5, 5.41) is 10.2. The zero-order valence-electron chi connectivity index (χ0n) is 7.52. The Bertz CT molecular complexity index is 444. The third kappa shape index (κ3) is 1.59. The molecule has 0 saturated carbocycles. The number of nitrogens with zero attached hydrogens (tertiary/aromatic N) is 1. The highest BCUT2D eigenvalue weighted by Crippen LogP contribution is 2.18. The van der Waals surface area contributed by atoms with E-state index in [-0.39, 0.29) is 0 Å². The van der Waals surface area contributed by atoms with E-state index in [4.69, 9.17) is 0 Å². The van der Waals surface area contributed by atoms with Crippen LogP contribution in [0.25, 0.3) is 10.9 Å². The maximum absolute atomic E-state index is 12.2. The summed E-state index contributed by atoms with van der Waals surface area (Å²) in [7, 11) is 0. The van der Waals surface area contributed by atoms with Crippen molar-refractivity contribution in [2.45, 2.75) is 6.10 Å². The molecular weight excluding hydrogens is 181 g/mol. The number of benzene rings is 1. The van der Waals surface area contributed by atoms with Crippen LogP contribution in [0.3, 0.4) is 0 Å². The molecule has 0 aliphatic heterocycles. The van der Waals surface area contributed by atoms with Gasteiger partial charge in [0.15, 0.2) is 0 Å². The molecule has 1 heterocycles. The van der Waals surface area contributed by atoms with Gasteiger partial charge < -0.3 is 5.11 Å². The topological polar surface area (TPSA) is 33.1 Å². The fraction of sp³-hybridized carbons (Fsp3) is 0.182. The minimum atomic E-state index is -1.03. The van der Waals surface area contributed by atoms with E-state index in [0.29, 0.717) is 5.56 Å². The van der Waals surface area contributed by atoms with E-state index in [1.807, 2.05) is 12.1 Å².